The van der Waals surface area contributed by atoms with Gasteiger partial charge in [0.15, 0.2) is 0 Å². The van der Waals surface area contributed by atoms with Gasteiger partial charge in [-0.15, -0.1) is 0 Å². The predicted molar refractivity (Wildman–Crippen MR) is 118 cm³/mol. The molecule has 1 N–H and O–H groups in total. The van der Waals surface area contributed by atoms with E-state index in [1.807, 2.05) is 37.3 Å². The van der Waals surface area contributed by atoms with Gasteiger partial charge in [0.2, 0.25) is 0 Å². The van der Waals surface area contributed by atoms with Crippen LogP contribution in [0.5, 0.6) is 5.75 Å². The van der Waals surface area contributed by atoms with Gasteiger partial charge in [0.05, 0.1) is 18.2 Å². The van der Waals surface area contributed by atoms with Crippen LogP contribution in [0.2, 0.25) is 0 Å². The van der Waals surface area contributed by atoms with E-state index in [1.165, 1.54) is 23.1 Å². The maximum atomic E-state index is 14.8. The summed E-state index contributed by atoms with van der Waals surface area (Å²) in [5.74, 6) is -2.06. The molecule has 1 aliphatic rings. The maximum absolute atomic E-state index is 14.8. The van der Waals surface area contributed by atoms with Crippen LogP contribution in [0.25, 0.3) is 5.76 Å². The Bertz CT molecular complexity index is 1190. The summed E-state index contributed by atoms with van der Waals surface area (Å²) in [5, 5.41) is 11.1. The van der Waals surface area contributed by atoms with Crippen molar-refractivity contribution >= 4 is 17.4 Å². The van der Waals surface area contributed by atoms with E-state index in [-0.39, 0.29) is 23.4 Å². The largest absolute Gasteiger partial charge is 0.507 e. The van der Waals surface area contributed by atoms with E-state index < -0.39 is 23.5 Å². The fraction of sp³-hybridized carbons (Fsp3) is 0.154. The zero-order valence-corrected chi connectivity index (χ0v) is 17.5. The Morgan fingerprint density at radius 1 is 1.00 bits per heavy atom. The summed E-state index contributed by atoms with van der Waals surface area (Å²) in [6.07, 6.45) is 0. The highest BCUT2D eigenvalue weighted by atomic mass is 19.1. The van der Waals surface area contributed by atoms with Crippen LogP contribution in [0, 0.1) is 5.82 Å². The van der Waals surface area contributed by atoms with Crippen LogP contribution in [0.4, 0.5) is 4.39 Å². The molecule has 1 fully saturated rings. The zero-order chi connectivity index (χ0) is 22.7. The van der Waals surface area contributed by atoms with Gasteiger partial charge in [-0.25, -0.2) is 4.39 Å². The van der Waals surface area contributed by atoms with Gasteiger partial charge in [0.25, 0.3) is 11.7 Å². The Hall–Kier alpha value is -3.93. The number of ether oxygens (including phenoxy) is 1. The smallest absolute Gasteiger partial charge is 0.295 e. The average Bonchev–Trinajstić information content (AvgIpc) is 3.05. The molecule has 0 radical (unpaired) electrons. The number of carbonyl (C=O) groups excluding carboxylic acids is 2. The first-order valence-electron chi connectivity index (χ1n) is 10.3. The summed E-state index contributed by atoms with van der Waals surface area (Å²) >= 11 is 0. The number of aliphatic hydroxyl groups excluding tert-OH is 1. The molecular formula is C26H22FNO4. The lowest BCUT2D eigenvalue weighted by Gasteiger charge is -2.25. The highest BCUT2D eigenvalue weighted by Crippen LogP contribution is 2.41. The van der Waals surface area contributed by atoms with Crippen molar-refractivity contribution in [2.75, 3.05) is 6.61 Å². The summed E-state index contributed by atoms with van der Waals surface area (Å²) in [7, 11) is 0. The number of hydrogen-bond donors (Lipinski definition) is 1. The molecule has 5 nitrogen and oxygen atoms in total. The van der Waals surface area contributed by atoms with Crippen molar-refractivity contribution in [3.05, 3.63) is 107 Å². The summed E-state index contributed by atoms with van der Waals surface area (Å²) in [6.45, 7) is 2.36. The zero-order valence-electron chi connectivity index (χ0n) is 17.5. The monoisotopic (exact) mass is 431 g/mol. The van der Waals surface area contributed by atoms with Crippen molar-refractivity contribution in [1.29, 1.82) is 0 Å². The number of likely N-dealkylation sites (tertiary alicyclic amines) is 1. The fourth-order valence-electron chi connectivity index (χ4n) is 3.90. The molecule has 3 aromatic rings. The number of halogens is 1. The molecule has 1 aliphatic heterocycles. The number of aliphatic hydroxyl groups is 1. The lowest BCUT2D eigenvalue weighted by atomic mass is 9.94. The SMILES string of the molecule is CCOc1cccc(/C(O)=C2\C(=O)C(=O)N(Cc3ccccc3)C2c2ccccc2F)c1. The quantitative estimate of drug-likeness (QED) is 0.344. The van der Waals surface area contributed by atoms with Crippen LogP contribution in [0.3, 0.4) is 0 Å². The number of nitrogens with zero attached hydrogens (tertiary/aromatic N) is 1. The van der Waals surface area contributed by atoms with Crippen LogP contribution >= 0.6 is 0 Å². The van der Waals surface area contributed by atoms with E-state index in [1.54, 1.807) is 30.3 Å². The highest BCUT2D eigenvalue weighted by molar-refractivity contribution is 6.46. The molecule has 1 atom stereocenters. The number of hydrogen-bond acceptors (Lipinski definition) is 4. The Morgan fingerprint density at radius 2 is 1.72 bits per heavy atom. The molecule has 1 amide bonds. The second-order valence-electron chi connectivity index (χ2n) is 7.39. The third kappa shape index (κ3) is 3.99. The molecule has 4 rings (SSSR count). The average molecular weight is 431 g/mol. The molecule has 0 saturated carbocycles. The second-order valence-corrected chi connectivity index (χ2v) is 7.39. The van der Waals surface area contributed by atoms with E-state index in [4.69, 9.17) is 4.74 Å². The Morgan fingerprint density at radius 3 is 2.44 bits per heavy atom. The molecule has 1 saturated heterocycles. The first-order valence-corrected chi connectivity index (χ1v) is 10.3. The fourth-order valence-corrected chi connectivity index (χ4v) is 3.90. The first kappa shape index (κ1) is 21.3. The van der Waals surface area contributed by atoms with Crippen molar-refractivity contribution < 1.29 is 23.8 Å². The van der Waals surface area contributed by atoms with E-state index >= 15 is 0 Å². The number of rotatable bonds is 6. The Balaban J connectivity index is 1.87. The molecule has 3 aromatic carbocycles. The lowest BCUT2D eigenvalue weighted by molar-refractivity contribution is -0.140. The van der Waals surface area contributed by atoms with Crippen LogP contribution < -0.4 is 4.74 Å². The van der Waals surface area contributed by atoms with Crippen molar-refractivity contribution in [3.63, 3.8) is 0 Å². The van der Waals surface area contributed by atoms with Gasteiger partial charge in [-0.2, -0.15) is 0 Å². The maximum Gasteiger partial charge on any atom is 0.295 e. The number of Topliss-reactive ketones (excluding diaryl/α,β-unsaturated/α-hetero) is 1. The van der Waals surface area contributed by atoms with Gasteiger partial charge < -0.3 is 14.7 Å². The van der Waals surface area contributed by atoms with E-state index in [9.17, 15) is 19.1 Å². The second kappa shape index (κ2) is 9.06. The van der Waals surface area contributed by atoms with Crippen molar-refractivity contribution in [2.24, 2.45) is 0 Å². The van der Waals surface area contributed by atoms with E-state index in [2.05, 4.69) is 0 Å². The van der Waals surface area contributed by atoms with Gasteiger partial charge in [-0.3, -0.25) is 9.59 Å². The van der Waals surface area contributed by atoms with Gasteiger partial charge in [0, 0.05) is 17.7 Å². The van der Waals surface area contributed by atoms with Gasteiger partial charge in [-0.05, 0) is 30.7 Å². The Kier molecular flexibility index (Phi) is 6.03. The summed E-state index contributed by atoms with van der Waals surface area (Å²) in [6, 6.07) is 20.6. The predicted octanol–water partition coefficient (Wildman–Crippen LogP) is 4.85. The number of ketones is 1. The van der Waals surface area contributed by atoms with E-state index in [0.29, 0.717) is 17.9 Å². The standard InChI is InChI=1S/C26H22FNO4/c1-2-32-19-12-8-11-18(15-19)24(29)22-23(20-13-6-7-14-21(20)27)28(26(31)25(22)30)16-17-9-4-3-5-10-17/h3-15,23,29H,2,16H2,1H3/b24-22+. The lowest BCUT2D eigenvalue weighted by Crippen LogP contribution is -2.29. The van der Waals surface area contributed by atoms with Crippen molar-refractivity contribution in [2.45, 2.75) is 19.5 Å². The Labute approximate surface area is 185 Å². The summed E-state index contributed by atoms with van der Waals surface area (Å²) in [4.78, 5) is 27.4. The van der Waals surface area contributed by atoms with Crippen LogP contribution in [-0.2, 0) is 16.1 Å². The van der Waals surface area contributed by atoms with Crippen LogP contribution in [-0.4, -0.2) is 28.3 Å². The minimum Gasteiger partial charge on any atom is -0.507 e. The molecule has 6 heteroatoms. The summed E-state index contributed by atoms with van der Waals surface area (Å²) < 4.78 is 20.3. The van der Waals surface area contributed by atoms with Crippen LogP contribution in [0.1, 0.15) is 29.7 Å². The molecular weight excluding hydrogens is 409 g/mol. The molecule has 1 unspecified atom stereocenters. The van der Waals surface area contributed by atoms with E-state index in [0.717, 1.165) is 5.56 Å². The molecule has 0 aromatic heterocycles. The molecule has 0 bridgehead atoms. The van der Waals surface area contributed by atoms with Crippen LogP contribution in [0.15, 0.2) is 84.4 Å². The minimum atomic E-state index is -1.06. The first-order chi connectivity index (χ1) is 15.5. The number of carbonyl (C=O) groups is 2. The molecule has 1 heterocycles. The molecule has 32 heavy (non-hydrogen) atoms. The van der Waals surface area contributed by atoms with Gasteiger partial charge >= 0.3 is 0 Å². The minimum absolute atomic E-state index is 0.0974. The third-order valence-corrected chi connectivity index (χ3v) is 5.35. The molecule has 0 spiro atoms. The molecule has 0 aliphatic carbocycles. The third-order valence-electron chi connectivity index (χ3n) is 5.35. The van der Waals surface area contributed by atoms with Gasteiger partial charge in [-0.1, -0.05) is 60.7 Å². The van der Waals surface area contributed by atoms with Crippen molar-refractivity contribution in [1.82, 2.24) is 4.90 Å². The van der Waals surface area contributed by atoms with Gasteiger partial charge in [0.1, 0.15) is 17.3 Å². The number of amides is 1. The summed E-state index contributed by atoms with van der Waals surface area (Å²) in [5.41, 5.74) is 1.10. The highest BCUT2D eigenvalue weighted by Gasteiger charge is 2.46. The normalized spacial score (nSPS) is 17.6. The topological polar surface area (TPSA) is 66.8 Å². The molecule has 162 valence electrons. The van der Waals surface area contributed by atoms with Crippen molar-refractivity contribution in [3.8, 4) is 5.75 Å². The number of benzene rings is 3.